The van der Waals surface area contributed by atoms with Crippen molar-refractivity contribution in [3.8, 4) is 17.1 Å². The van der Waals surface area contributed by atoms with Gasteiger partial charge in [0, 0.05) is 24.1 Å². The van der Waals surface area contributed by atoms with Crippen LogP contribution < -0.4 is 10.5 Å². The number of hydrogen-bond acceptors (Lipinski definition) is 5. The second kappa shape index (κ2) is 8.19. The zero-order chi connectivity index (χ0) is 15.4. The van der Waals surface area contributed by atoms with Gasteiger partial charge in [-0.1, -0.05) is 0 Å². The predicted octanol–water partition coefficient (Wildman–Crippen LogP) is 2.45. The average Bonchev–Trinajstić information content (AvgIpc) is 2.55. The monoisotopic (exact) mass is 339 g/mol. The quantitative estimate of drug-likeness (QED) is 0.926. The molecule has 2 heterocycles. The Morgan fingerprint density at radius 3 is 2.57 bits per heavy atom. The van der Waals surface area contributed by atoms with Crippen LogP contribution in [0.2, 0.25) is 0 Å². The highest BCUT2D eigenvalue weighted by Crippen LogP contribution is 2.21. The number of ether oxygens (including phenoxy) is 2. The van der Waals surface area contributed by atoms with Crippen LogP contribution in [0.4, 0.5) is 4.39 Å². The van der Waals surface area contributed by atoms with E-state index >= 15 is 0 Å². The molecule has 0 unspecified atom stereocenters. The number of benzene rings is 1. The summed E-state index contributed by atoms with van der Waals surface area (Å²) in [6.07, 6.45) is 3.22. The maximum atomic E-state index is 12.8. The van der Waals surface area contributed by atoms with E-state index in [9.17, 15) is 4.39 Å². The fourth-order valence-corrected chi connectivity index (χ4v) is 2.38. The molecule has 124 valence electrons. The van der Waals surface area contributed by atoms with Crippen LogP contribution in [0.15, 0.2) is 36.7 Å². The molecular formula is C16H19ClFN3O2. The van der Waals surface area contributed by atoms with E-state index in [-0.39, 0.29) is 18.4 Å². The number of hydrogen-bond donors (Lipinski definition) is 1. The summed E-state index contributed by atoms with van der Waals surface area (Å²) in [6.45, 7) is 1.91. The van der Waals surface area contributed by atoms with Crippen LogP contribution >= 0.6 is 12.4 Å². The van der Waals surface area contributed by atoms with Gasteiger partial charge in [-0.25, -0.2) is 14.4 Å². The molecule has 2 atom stereocenters. The molecule has 0 spiro atoms. The Hall–Kier alpha value is -1.76. The van der Waals surface area contributed by atoms with Gasteiger partial charge in [0.15, 0.2) is 11.6 Å². The minimum absolute atomic E-state index is 0. The highest BCUT2D eigenvalue weighted by molar-refractivity contribution is 5.85. The summed E-state index contributed by atoms with van der Waals surface area (Å²) in [5.74, 6) is 1.12. The van der Waals surface area contributed by atoms with Gasteiger partial charge in [-0.05, 0) is 30.7 Å². The van der Waals surface area contributed by atoms with E-state index in [0.717, 1.165) is 36.7 Å². The van der Waals surface area contributed by atoms with Crippen LogP contribution in [0.25, 0.3) is 11.4 Å². The van der Waals surface area contributed by atoms with Crippen molar-refractivity contribution in [2.45, 2.75) is 12.5 Å². The summed E-state index contributed by atoms with van der Waals surface area (Å²) >= 11 is 0. The molecule has 0 bridgehead atoms. The van der Waals surface area contributed by atoms with Crippen LogP contribution in [0.3, 0.4) is 0 Å². The van der Waals surface area contributed by atoms with E-state index in [1.54, 1.807) is 0 Å². The number of nitrogens with two attached hydrogens (primary N) is 1. The zero-order valence-electron chi connectivity index (χ0n) is 12.5. The molecule has 5 nitrogen and oxygen atoms in total. The third kappa shape index (κ3) is 4.60. The summed E-state index contributed by atoms with van der Waals surface area (Å²) < 4.78 is 23.9. The first kappa shape index (κ1) is 17.6. The van der Waals surface area contributed by atoms with Gasteiger partial charge in [0.05, 0.1) is 25.6 Å². The molecule has 1 aromatic carbocycles. The lowest BCUT2D eigenvalue weighted by atomic mass is 9.97. The molecule has 0 saturated carbocycles. The van der Waals surface area contributed by atoms with Gasteiger partial charge in [-0.3, -0.25) is 0 Å². The first-order valence-electron chi connectivity index (χ1n) is 7.26. The Morgan fingerprint density at radius 2 is 1.91 bits per heavy atom. The summed E-state index contributed by atoms with van der Waals surface area (Å²) in [4.78, 5) is 7.90. The third-order valence-electron chi connectivity index (χ3n) is 3.75. The van der Waals surface area contributed by atoms with Gasteiger partial charge in [0.2, 0.25) is 0 Å². The fraction of sp³-hybridized carbons (Fsp3) is 0.375. The van der Waals surface area contributed by atoms with Crippen molar-refractivity contribution >= 4 is 12.4 Å². The molecule has 7 heteroatoms. The lowest BCUT2D eigenvalue weighted by Gasteiger charge is -2.28. The van der Waals surface area contributed by atoms with Gasteiger partial charge < -0.3 is 15.2 Å². The maximum absolute atomic E-state index is 12.8. The molecule has 2 N–H and O–H groups in total. The Bertz CT molecular complexity index is 610. The van der Waals surface area contributed by atoms with E-state index < -0.39 is 5.82 Å². The van der Waals surface area contributed by atoms with Crippen molar-refractivity contribution in [1.82, 2.24) is 9.97 Å². The maximum Gasteiger partial charge on any atom is 0.159 e. The van der Waals surface area contributed by atoms with Crippen molar-refractivity contribution in [2.75, 3.05) is 19.8 Å². The van der Waals surface area contributed by atoms with Crippen molar-refractivity contribution in [1.29, 1.82) is 0 Å². The summed E-state index contributed by atoms with van der Waals surface area (Å²) in [7, 11) is 0. The van der Waals surface area contributed by atoms with Gasteiger partial charge in [0.1, 0.15) is 5.75 Å². The van der Waals surface area contributed by atoms with Crippen molar-refractivity contribution in [3.63, 3.8) is 0 Å². The van der Waals surface area contributed by atoms with E-state index in [4.69, 9.17) is 15.2 Å². The molecule has 0 aliphatic carbocycles. The average molecular weight is 340 g/mol. The minimum atomic E-state index is -0.448. The second-order valence-corrected chi connectivity index (χ2v) is 5.35. The first-order valence-corrected chi connectivity index (χ1v) is 7.26. The Balaban J connectivity index is 0.00000192. The number of halogens is 2. The predicted molar refractivity (Wildman–Crippen MR) is 87.1 cm³/mol. The summed E-state index contributed by atoms with van der Waals surface area (Å²) in [6, 6.07) is 7.44. The molecule has 1 aromatic heterocycles. The summed E-state index contributed by atoms with van der Waals surface area (Å²) in [5.41, 5.74) is 6.82. The minimum Gasteiger partial charge on any atom is -0.493 e. The van der Waals surface area contributed by atoms with Crippen LogP contribution in [0, 0.1) is 11.7 Å². The largest absolute Gasteiger partial charge is 0.493 e. The first-order chi connectivity index (χ1) is 10.7. The van der Waals surface area contributed by atoms with E-state index in [2.05, 4.69) is 9.97 Å². The Kier molecular flexibility index (Phi) is 6.27. The summed E-state index contributed by atoms with van der Waals surface area (Å²) in [5, 5.41) is 0. The van der Waals surface area contributed by atoms with Gasteiger partial charge in [-0.15, -0.1) is 12.4 Å². The van der Waals surface area contributed by atoms with E-state index in [0.29, 0.717) is 25.0 Å². The second-order valence-electron chi connectivity index (χ2n) is 5.35. The molecule has 1 aliphatic heterocycles. The van der Waals surface area contributed by atoms with Crippen LogP contribution in [0.1, 0.15) is 6.42 Å². The van der Waals surface area contributed by atoms with Gasteiger partial charge >= 0.3 is 0 Å². The molecular weight excluding hydrogens is 321 g/mol. The molecule has 2 aromatic rings. The van der Waals surface area contributed by atoms with Crippen LogP contribution in [-0.2, 0) is 4.74 Å². The SMILES string of the molecule is Cl.N[C@H]1COCC[C@@H]1COc1ccc(-c2ncc(F)cn2)cc1. The zero-order valence-corrected chi connectivity index (χ0v) is 13.3. The van der Waals surface area contributed by atoms with Crippen LogP contribution in [0.5, 0.6) is 5.75 Å². The number of aromatic nitrogens is 2. The van der Waals surface area contributed by atoms with Crippen molar-refractivity contribution in [3.05, 3.63) is 42.5 Å². The molecule has 0 radical (unpaired) electrons. The molecule has 1 aliphatic rings. The lowest BCUT2D eigenvalue weighted by molar-refractivity contribution is 0.0328. The molecule has 1 fully saturated rings. The van der Waals surface area contributed by atoms with Crippen molar-refractivity contribution < 1.29 is 13.9 Å². The highest BCUT2D eigenvalue weighted by Gasteiger charge is 2.22. The normalized spacial score (nSPS) is 20.6. The smallest absolute Gasteiger partial charge is 0.159 e. The van der Waals surface area contributed by atoms with Crippen molar-refractivity contribution in [2.24, 2.45) is 11.7 Å². The molecule has 1 saturated heterocycles. The lowest BCUT2D eigenvalue weighted by Crippen LogP contribution is -2.42. The van der Waals surface area contributed by atoms with Gasteiger partial charge in [0.25, 0.3) is 0 Å². The number of rotatable bonds is 4. The van der Waals surface area contributed by atoms with Gasteiger partial charge in [-0.2, -0.15) is 0 Å². The topological polar surface area (TPSA) is 70.3 Å². The fourth-order valence-electron chi connectivity index (χ4n) is 2.38. The third-order valence-corrected chi connectivity index (χ3v) is 3.75. The molecule has 3 rings (SSSR count). The molecule has 0 amide bonds. The van der Waals surface area contributed by atoms with Crippen LogP contribution in [-0.4, -0.2) is 35.8 Å². The molecule has 23 heavy (non-hydrogen) atoms. The van der Waals surface area contributed by atoms with E-state index in [1.165, 1.54) is 0 Å². The van der Waals surface area contributed by atoms with E-state index in [1.807, 2.05) is 24.3 Å². The Labute approximate surface area is 140 Å². The number of nitrogens with zero attached hydrogens (tertiary/aromatic N) is 2. The highest BCUT2D eigenvalue weighted by atomic mass is 35.5. The Morgan fingerprint density at radius 1 is 1.22 bits per heavy atom. The standard InChI is InChI=1S/C16H18FN3O2.ClH/c17-13-7-19-16(20-8-13)11-1-3-14(4-2-11)22-9-12-5-6-21-10-15(12)18;/h1-4,7-8,12,15H,5-6,9-10,18H2;1H/t12-,15+;/m1./s1.